The van der Waals surface area contributed by atoms with E-state index in [-0.39, 0.29) is 5.38 Å². The number of benzene rings is 1. The van der Waals surface area contributed by atoms with Crippen molar-refractivity contribution in [1.82, 2.24) is 4.90 Å². The molecule has 1 heterocycles. The van der Waals surface area contributed by atoms with Gasteiger partial charge < -0.3 is 0 Å². The van der Waals surface area contributed by atoms with Crippen LogP contribution in [0.1, 0.15) is 67.5 Å². The van der Waals surface area contributed by atoms with E-state index in [4.69, 9.17) is 11.6 Å². The van der Waals surface area contributed by atoms with Crippen molar-refractivity contribution in [2.24, 2.45) is 0 Å². The maximum atomic E-state index is 6.76. The monoisotopic (exact) mass is 305 g/mol. The zero-order valence-corrected chi connectivity index (χ0v) is 14.0. The predicted molar refractivity (Wildman–Crippen MR) is 91.2 cm³/mol. The van der Waals surface area contributed by atoms with Crippen molar-refractivity contribution >= 4 is 11.6 Å². The Morgan fingerprint density at radius 2 is 1.95 bits per heavy atom. The first-order valence-electron chi connectivity index (χ1n) is 8.77. The van der Waals surface area contributed by atoms with E-state index < -0.39 is 0 Å². The quantitative estimate of drug-likeness (QED) is 0.699. The molecule has 1 nitrogen and oxygen atoms in total. The third-order valence-corrected chi connectivity index (χ3v) is 5.74. The number of hydrogen-bond acceptors (Lipinski definition) is 1. The smallest absolute Gasteiger partial charge is 0.0712 e. The van der Waals surface area contributed by atoms with Gasteiger partial charge in [0.1, 0.15) is 0 Å². The Kier molecular flexibility index (Phi) is 5.24. The van der Waals surface area contributed by atoms with Crippen LogP contribution in [0, 0.1) is 0 Å². The van der Waals surface area contributed by atoms with Gasteiger partial charge in [-0.3, -0.25) is 4.90 Å². The van der Waals surface area contributed by atoms with Crippen LogP contribution < -0.4 is 0 Å². The van der Waals surface area contributed by atoms with Gasteiger partial charge in [-0.05, 0) is 68.2 Å². The summed E-state index contributed by atoms with van der Waals surface area (Å²) in [5.74, 6) is 0. The van der Waals surface area contributed by atoms with Crippen LogP contribution in [0.5, 0.6) is 0 Å². The molecule has 0 aromatic heterocycles. The van der Waals surface area contributed by atoms with Crippen molar-refractivity contribution in [1.29, 1.82) is 0 Å². The Balaban J connectivity index is 1.68. The molecule has 0 spiro atoms. The first-order chi connectivity index (χ1) is 10.3. The maximum absolute atomic E-state index is 6.76. The number of piperidine rings is 1. The molecule has 2 heteroatoms. The molecule has 1 aliphatic carbocycles. The van der Waals surface area contributed by atoms with Crippen LogP contribution in [0.3, 0.4) is 0 Å². The molecule has 21 heavy (non-hydrogen) atoms. The number of halogens is 1. The van der Waals surface area contributed by atoms with E-state index >= 15 is 0 Å². The molecule has 1 fully saturated rings. The van der Waals surface area contributed by atoms with E-state index in [1.165, 1.54) is 63.5 Å². The molecule has 1 aliphatic heterocycles. The minimum atomic E-state index is 0.143. The van der Waals surface area contributed by atoms with E-state index in [9.17, 15) is 0 Å². The lowest BCUT2D eigenvalue weighted by Crippen LogP contribution is -2.40. The lowest BCUT2D eigenvalue weighted by molar-refractivity contribution is 0.144. The molecule has 0 bridgehead atoms. The van der Waals surface area contributed by atoms with Crippen LogP contribution >= 0.6 is 11.6 Å². The standard InChI is InChI=1S/C19H28ClN/c1-2-18-9-5-6-12-21(18)14-19(20)17-11-10-15-7-3-4-8-16(15)13-17/h10-11,13,18-19H,2-9,12,14H2,1H3. The topological polar surface area (TPSA) is 3.24 Å². The summed E-state index contributed by atoms with van der Waals surface area (Å²) in [6.07, 6.45) is 10.5. The highest BCUT2D eigenvalue weighted by molar-refractivity contribution is 6.21. The van der Waals surface area contributed by atoms with Crippen molar-refractivity contribution in [2.45, 2.75) is 69.7 Å². The molecule has 1 saturated heterocycles. The molecule has 116 valence electrons. The van der Waals surface area contributed by atoms with Crippen molar-refractivity contribution < 1.29 is 0 Å². The molecular weight excluding hydrogens is 278 g/mol. The molecule has 2 unspecified atom stereocenters. The van der Waals surface area contributed by atoms with Gasteiger partial charge in [0, 0.05) is 12.6 Å². The summed E-state index contributed by atoms with van der Waals surface area (Å²) < 4.78 is 0. The second-order valence-corrected chi connectivity index (χ2v) is 7.28. The molecule has 0 radical (unpaired) electrons. The Morgan fingerprint density at radius 3 is 2.76 bits per heavy atom. The molecule has 3 rings (SSSR count). The van der Waals surface area contributed by atoms with Gasteiger partial charge in [-0.25, -0.2) is 0 Å². The molecule has 2 atom stereocenters. The Bertz CT molecular complexity index is 471. The van der Waals surface area contributed by atoms with E-state index in [0.29, 0.717) is 0 Å². The second-order valence-electron chi connectivity index (χ2n) is 6.76. The highest BCUT2D eigenvalue weighted by Gasteiger charge is 2.24. The van der Waals surface area contributed by atoms with Crippen molar-refractivity contribution in [3.05, 3.63) is 34.9 Å². The number of likely N-dealkylation sites (tertiary alicyclic amines) is 1. The first kappa shape index (κ1) is 15.4. The van der Waals surface area contributed by atoms with Crippen molar-refractivity contribution in [2.75, 3.05) is 13.1 Å². The van der Waals surface area contributed by atoms with Gasteiger partial charge >= 0.3 is 0 Å². The third-order valence-electron chi connectivity index (χ3n) is 5.35. The number of nitrogens with zero attached hydrogens (tertiary/aromatic N) is 1. The summed E-state index contributed by atoms with van der Waals surface area (Å²) in [7, 11) is 0. The summed E-state index contributed by atoms with van der Waals surface area (Å²) >= 11 is 6.76. The number of aryl methyl sites for hydroxylation is 2. The Morgan fingerprint density at radius 1 is 1.14 bits per heavy atom. The maximum Gasteiger partial charge on any atom is 0.0712 e. The van der Waals surface area contributed by atoms with Crippen LogP contribution in [0.15, 0.2) is 18.2 Å². The summed E-state index contributed by atoms with van der Waals surface area (Å²) in [5, 5.41) is 0.143. The molecule has 1 aromatic rings. The fourth-order valence-electron chi connectivity index (χ4n) is 4.02. The molecule has 2 aliphatic rings. The van der Waals surface area contributed by atoms with Crippen LogP contribution in [0.2, 0.25) is 0 Å². The molecule has 0 saturated carbocycles. The van der Waals surface area contributed by atoms with Crippen LogP contribution in [0.4, 0.5) is 0 Å². The van der Waals surface area contributed by atoms with Gasteiger partial charge in [-0.1, -0.05) is 31.5 Å². The number of alkyl halides is 1. The highest BCUT2D eigenvalue weighted by Crippen LogP contribution is 2.30. The third kappa shape index (κ3) is 3.63. The van der Waals surface area contributed by atoms with Crippen LogP contribution in [0.25, 0.3) is 0 Å². The van der Waals surface area contributed by atoms with Crippen molar-refractivity contribution in [3.63, 3.8) is 0 Å². The van der Waals surface area contributed by atoms with Gasteiger partial charge in [0.2, 0.25) is 0 Å². The zero-order valence-electron chi connectivity index (χ0n) is 13.3. The first-order valence-corrected chi connectivity index (χ1v) is 9.21. The molecular formula is C19H28ClN. The fourth-order valence-corrected chi connectivity index (χ4v) is 4.34. The average Bonchev–Trinajstić information content (AvgIpc) is 2.55. The lowest BCUT2D eigenvalue weighted by Gasteiger charge is -2.36. The molecule has 1 aromatic carbocycles. The van der Waals surface area contributed by atoms with Gasteiger partial charge in [0.05, 0.1) is 5.38 Å². The van der Waals surface area contributed by atoms with Gasteiger partial charge in [-0.15, -0.1) is 11.6 Å². The minimum Gasteiger partial charge on any atom is -0.299 e. The van der Waals surface area contributed by atoms with E-state index in [0.717, 1.165) is 12.6 Å². The average molecular weight is 306 g/mol. The Hall–Kier alpha value is -0.530. The fraction of sp³-hybridized carbons (Fsp3) is 0.684. The summed E-state index contributed by atoms with van der Waals surface area (Å²) in [6.45, 7) is 4.55. The lowest BCUT2D eigenvalue weighted by atomic mass is 9.89. The van der Waals surface area contributed by atoms with Gasteiger partial charge in [0.15, 0.2) is 0 Å². The largest absolute Gasteiger partial charge is 0.299 e. The number of rotatable bonds is 4. The minimum absolute atomic E-state index is 0.143. The van der Waals surface area contributed by atoms with Gasteiger partial charge in [-0.2, -0.15) is 0 Å². The number of fused-ring (bicyclic) bond motifs is 1. The number of hydrogen-bond donors (Lipinski definition) is 0. The second kappa shape index (κ2) is 7.15. The SMILES string of the molecule is CCC1CCCCN1CC(Cl)c1ccc2c(c1)CCCC2. The summed E-state index contributed by atoms with van der Waals surface area (Å²) in [5.41, 5.74) is 4.44. The highest BCUT2D eigenvalue weighted by atomic mass is 35.5. The summed E-state index contributed by atoms with van der Waals surface area (Å²) in [4.78, 5) is 2.63. The zero-order chi connectivity index (χ0) is 14.7. The Labute approximate surface area is 134 Å². The van der Waals surface area contributed by atoms with Crippen LogP contribution in [-0.2, 0) is 12.8 Å². The van der Waals surface area contributed by atoms with Gasteiger partial charge in [0.25, 0.3) is 0 Å². The van der Waals surface area contributed by atoms with Crippen molar-refractivity contribution in [3.8, 4) is 0 Å². The van der Waals surface area contributed by atoms with E-state index in [2.05, 4.69) is 30.0 Å². The summed E-state index contributed by atoms with van der Waals surface area (Å²) in [6, 6.07) is 7.73. The molecule has 0 N–H and O–H groups in total. The van der Waals surface area contributed by atoms with Crippen LogP contribution in [-0.4, -0.2) is 24.0 Å². The predicted octanol–water partition coefficient (Wildman–Crippen LogP) is 5.11. The normalized spacial score (nSPS) is 24.6. The van der Waals surface area contributed by atoms with E-state index in [1.807, 2.05) is 0 Å². The van der Waals surface area contributed by atoms with E-state index in [1.54, 1.807) is 11.1 Å². The molecule has 0 amide bonds.